The zero-order valence-electron chi connectivity index (χ0n) is 11.6. The maximum atomic E-state index is 4.63. The molecule has 0 aromatic carbocycles. The lowest BCUT2D eigenvalue weighted by Gasteiger charge is -2.28. The van der Waals surface area contributed by atoms with Gasteiger partial charge in [0.2, 0.25) is 5.95 Å². The first-order chi connectivity index (χ1) is 9.24. The normalized spacial score (nSPS) is 19.4. The van der Waals surface area contributed by atoms with Crippen molar-refractivity contribution in [1.82, 2.24) is 19.9 Å². The van der Waals surface area contributed by atoms with E-state index in [9.17, 15) is 0 Å². The van der Waals surface area contributed by atoms with E-state index in [0.717, 1.165) is 24.7 Å². The molecular formula is C14H21N5. The van der Waals surface area contributed by atoms with Gasteiger partial charge in [-0.2, -0.15) is 4.98 Å². The summed E-state index contributed by atoms with van der Waals surface area (Å²) in [5, 5.41) is 8.12. The number of fused-ring (bicyclic) bond motifs is 1. The van der Waals surface area contributed by atoms with E-state index in [-0.39, 0.29) is 0 Å². The number of nitrogens with one attached hydrogen (secondary N) is 1. The first-order valence-corrected chi connectivity index (χ1v) is 7.05. The first-order valence-electron chi connectivity index (χ1n) is 7.05. The number of hydrogen-bond acceptors (Lipinski definition) is 4. The molecule has 1 aliphatic rings. The monoisotopic (exact) mass is 259 g/mol. The molecule has 0 spiro atoms. The fraction of sp³-hybridized carbons (Fsp3) is 0.571. The summed E-state index contributed by atoms with van der Waals surface area (Å²) in [5.74, 6) is 0.829. The van der Waals surface area contributed by atoms with Gasteiger partial charge in [0.25, 0.3) is 0 Å². The summed E-state index contributed by atoms with van der Waals surface area (Å²) in [5.41, 5.74) is 0.905. The summed E-state index contributed by atoms with van der Waals surface area (Å²) in [4.78, 5) is 6.91. The Morgan fingerprint density at radius 2 is 2.37 bits per heavy atom. The lowest BCUT2D eigenvalue weighted by molar-refractivity contribution is 0.544. The Labute approximate surface area is 113 Å². The van der Waals surface area contributed by atoms with Crippen molar-refractivity contribution < 1.29 is 0 Å². The zero-order chi connectivity index (χ0) is 13.2. The molecule has 3 heterocycles. The Morgan fingerprint density at radius 1 is 1.47 bits per heavy atom. The molecule has 1 N–H and O–H groups in total. The lowest BCUT2D eigenvalue weighted by Crippen LogP contribution is -2.42. The van der Waals surface area contributed by atoms with E-state index in [4.69, 9.17) is 0 Å². The van der Waals surface area contributed by atoms with Crippen LogP contribution in [0.3, 0.4) is 0 Å². The number of anilines is 1. The van der Waals surface area contributed by atoms with Gasteiger partial charge in [0.05, 0.1) is 0 Å². The lowest BCUT2D eigenvalue weighted by atomic mass is 10.2. The zero-order valence-corrected chi connectivity index (χ0v) is 11.6. The molecule has 2 aromatic rings. The fourth-order valence-corrected chi connectivity index (χ4v) is 2.61. The van der Waals surface area contributed by atoms with Crippen LogP contribution < -0.4 is 10.2 Å². The average Bonchev–Trinajstić information content (AvgIpc) is 3.04. The van der Waals surface area contributed by atoms with Crippen molar-refractivity contribution in [1.29, 1.82) is 0 Å². The molecule has 5 nitrogen and oxygen atoms in total. The van der Waals surface area contributed by atoms with Gasteiger partial charge < -0.3 is 10.2 Å². The molecule has 0 amide bonds. The molecular weight excluding hydrogens is 238 g/mol. The molecule has 0 saturated carbocycles. The SMILES string of the molecule is CC(C)N(CC1CCCN1)c1nc2ccccn2n1. The Bertz CT molecular complexity index is 509. The predicted octanol–water partition coefficient (Wildman–Crippen LogP) is 1.70. The topological polar surface area (TPSA) is 45.5 Å². The van der Waals surface area contributed by atoms with Crippen LogP contribution in [0.2, 0.25) is 0 Å². The van der Waals surface area contributed by atoms with Crippen LogP contribution >= 0.6 is 0 Å². The highest BCUT2D eigenvalue weighted by atomic mass is 15.4. The van der Waals surface area contributed by atoms with Crippen LogP contribution in [0.4, 0.5) is 5.95 Å². The van der Waals surface area contributed by atoms with Crippen molar-refractivity contribution in [2.24, 2.45) is 0 Å². The largest absolute Gasteiger partial charge is 0.336 e. The van der Waals surface area contributed by atoms with Crippen LogP contribution in [0, 0.1) is 0 Å². The third-order valence-corrected chi connectivity index (χ3v) is 3.69. The van der Waals surface area contributed by atoms with Crippen molar-refractivity contribution in [3.63, 3.8) is 0 Å². The van der Waals surface area contributed by atoms with E-state index in [1.807, 2.05) is 28.9 Å². The summed E-state index contributed by atoms with van der Waals surface area (Å²) in [6, 6.07) is 6.92. The second-order valence-electron chi connectivity index (χ2n) is 5.45. The van der Waals surface area contributed by atoms with Gasteiger partial charge in [0.15, 0.2) is 5.65 Å². The van der Waals surface area contributed by atoms with E-state index in [1.54, 1.807) is 0 Å². The van der Waals surface area contributed by atoms with Gasteiger partial charge in [-0.25, -0.2) is 4.52 Å². The van der Waals surface area contributed by atoms with E-state index < -0.39 is 0 Å². The van der Waals surface area contributed by atoms with Crippen LogP contribution in [0.5, 0.6) is 0 Å². The number of hydrogen-bond donors (Lipinski definition) is 1. The van der Waals surface area contributed by atoms with Gasteiger partial charge in [-0.1, -0.05) is 6.07 Å². The Hall–Kier alpha value is -1.62. The Morgan fingerprint density at radius 3 is 3.05 bits per heavy atom. The molecule has 5 heteroatoms. The molecule has 0 bridgehead atoms. The van der Waals surface area contributed by atoms with Crippen molar-refractivity contribution in [2.45, 2.75) is 38.8 Å². The third-order valence-electron chi connectivity index (χ3n) is 3.69. The van der Waals surface area contributed by atoms with E-state index in [2.05, 4.69) is 34.1 Å². The number of nitrogens with zero attached hydrogens (tertiary/aromatic N) is 4. The smallest absolute Gasteiger partial charge is 0.245 e. The minimum absolute atomic E-state index is 0.403. The summed E-state index contributed by atoms with van der Waals surface area (Å²) in [6.45, 7) is 6.50. The molecule has 3 rings (SSSR count). The fourth-order valence-electron chi connectivity index (χ4n) is 2.61. The number of pyridine rings is 1. The van der Waals surface area contributed by atoms with Gasteiger partial charge in [-0.3, -0.25) is 0 Å². The minimum Gasteiger partial charge on any atom is -0.336 e. The van der Waals surface area contributed by atoms with Gasteiger partial charge in [-0.15, -0.1) is 5.10 Å². The van der Waals surface area contributed by atoms with Crippen molar-refractivity contribution >= 4 is 11.6 Å². The van der Waals surface area contributed by atoms with Gasteiger partial charge >= 0.3 is 0 Å². The number of aromatic nitrogens is 3. The molecule has 1 atom stereocenters. The summed E-state index contributed by atoms with van der Waals surface area (Å²) < 4.78 is 1.84. The summed E-state index contributed by atoms with van der Waals surface area (Å²) >= 11 is 0. The Balaban J connectivity index is 1.85. The van der Waals surface area contributed by atoms with Crippen LogP contribution in [-0.4, -0.2) is 39.8 Å². The Kier molecular flexibility index (Phi) is 3.38. The standard InChI is InChI=1S/C14H21N5/c1-11(2)18(10-12-6-5-8-15-12)14-16-13-7-3-4-9-19(13)17-14/h3-4,7,9,11-12,15H,5-6,8,10H2,1-2H3. The highest BCUT2D eigenvalue weighted by molar-refractivity contribution is 5.44. The van der Waals surface area contributed by atoms with Crippen LogP contribution in [0.1, 0.15) is 26.7 Å². The average molecular weight is 259 g/mol. The molecule has 19 heavy (non-hydrogen) atoms. The molecule has 1 unspecified atom stereocenters. The molecule has 102 valence electrons. The highest BCUT2D eigenvalue weighted by Crippen LogP contribution is 2.16. The summed E-state index contributed by atoms with van der Waals surface area (Å²) in [6.07, 6.45) is 4.46. The molecule has 0 aliphatic carbocycles. The molecule has 1 aliphatic heterocycles. The van der Waals surface area contributed by atoms with Gasteiger partial charge in [0.1, 0.15) is 0 Å². The maximum Gasteiger partial charge on any atom is 0.245 e. The van der Waals surface area contributed by atoms with Crippen molar-refractivity contribution in [3.05, 3.63) is 24.4 Å². The molecule has 0 radical (unpaired) electrons. The minimum atomic E-state index is 0.403. The summed E-state index contributed by atoms with van der Waals surface area (Å²) in [7, 11) is 0. The van der Waals surface area contributed by atoms with Crippen molar-refractivity contribution in [2.75, 3.05) is 18.0 Å². The predicted molar refractivity (Wildman–Crippen MR) is 76.5 cm³/mol. The van der Waals surface area contributed by atoms with E-state index in [1.165, 1.54) is 12.8 Å². The van der Waals surface area contributed by atoms with Crippen LogP contribution in [0.15, 0.2) is 24.4 Å². The van der Waals surface area contributed by atoms with Crippen molar-refractivity contribution in [3.8, 4) is 0 Å². The number of rotatable bonds is 4. The van der Waals surface area contributed by atoms with E-state index in [0.29, 0.717) is 12.1 Å². The molecule has 2 aromatic heterocycles. The third kappa shape index (κ3) is 2.56. The second-order valence-corrected chi connectivity index (χ2v) is 5.45. The van der Waals surface area contributed by atoms with Gasteiger partial charge in [-0.05, 0) is 45.4 Å². The second kappa shape index (κ2) is 5.17. The van der Waals surface area contributed by atoms with Crippen LogP contribution in [0.25, 0.3) is 5.65 Å². The van der Waals surface area contributed by atoms with E-state index >= 15 is 0 Å². The molecule has 1 fully saturated rings. The first kappa shape index (κ1) is 12.4. The van der Waals surface area contributed by atoms with Gasteiger partial charge in [0, 0.05) is 24.8 Å². The molecule has 1 saturated heterocycles. The highest BCUT2D eigenvalue weighted by Gasteiger charge is 2.22. The quantitative estimate of drug-likeness (QED) is 0.907. The maximum absolute atomic E-state index is 4.63. The van der Waals surface area contributed by atoms with Crippen LogP contribution in [-0.2, 0) is 0 Å².